The number of halogens is 2. The van der Waals surface area contributed by atoms with Crippen LogP contribution in [-0.2, 0) is 16.6 Å². The first-order valence-corrected chi connectivity index (χ1v) is 10.0. The maximum atomic E-state index is 14.6. The minimum Gasteiger partial charge on any atom is -0.497 e. The normalized spacial score (nSPS) is 11.5. The summed E-state index contributed by atoms with van der Waals surface area (Å²) in [5.74, 6) is -1.14. The molecular weight excluding hydrogens is 402 g/mol. The fourth-order valence-electron chi connectivity index (χ4n) is 3.05. The second kappa shape index (κ2) is 8.22. The number of nitrogens with one attached hydrogen (secondary N) is 1. The average Bonchev–Trinajstić information content (AvgIpc) is 3.07. The van der Waals surface area contributed by atoms with Crippen LogP contribution in [0.25, 0.3) is 11.3 Å². The topological polar surface area (TPSA) is 69.6 Å². The summed E-state index contributed by atoms with van der Waals surface area (Å²) in [6.45, 7) is 0.277. The van der Waals surface area contributed by atoms with Crippen molar-refractivity contribution in [1.29, 1.82) is 0 Å². The fourth-order valence-corrected chi connectivity index (χ4v) is 4.48. The van der Waals surface area contributed by atoms with Crippen LogP contribution in [0.4, 0.5) is 8.78 Å². The molecule has 1 N–H and O–H groups in total. The molecule has 0 radical (unpaired) electrons. The van der Waals surface area contributed by atoms with Gasteiger partial charge in [-0.25, -0.2) is 21.2 Å². The summed E-state index contributed by atoms with van der Waals surface area (Å²) < 4.78 is 66.3. The van der Waals surface area contributed by atoms with Gasteiger partial charge in [0.05, 0.1) is 19.1 Å². The van der Waals surface area contributed by atoms with Crippen LogP contribution in [0.2, 0.25) is 0 Å². The Balaban J connectivity index is 2.33. The first-order chi connectivity index (χ1) is 13.8. The Morgan fingerprint density at radius 3 is 2.45 bits per heavy atom. The second-order valence-electron chi connectivity index (χ2n) is 6.17. The van der Waals surface area contributed by atoms with Gasteiger partial charge in [-0.1, -0.05) is 6.07 Å². The Labute approximate surface area is 167 Å². The summed E-state index contributed by atoms with van der Waals surface area (Å²) in [5.41, 5.74) is 0.371. The highest BCUT2D eigenvalue weighted by Crippen LogP contribution is 2.39. The minimum absolute atomic E-state index is 0.0296. The molecule has 154 valence electrons. The van der Waals surface area contributed by atoms with Gasteiger partial charge in [-0.15, -0.1) is 0 Å². The van der Waals surface area contributed by atoms with Crippen molar-refractivity contribution in [2.45, 2.75) is 11.4 Å². The predicted octanol–water partition coefficient (Wildman–Crippen LogP) is 3.41. The third kappa shape index (κ3) is 3.83. The monoisotopic (exact) mass is 422 g/mol. The van der Waals surface area contributed by atoms with E-state index in [-0.39, 0.29) is 28.4 Å². The van der Waals surface area contributed by atoms with Gasteiger partial charge in [0.15, 0.2) is 0 Å². The van der Waals surface area contributed by atoms with Gasteiger partial charge >= 0.3 is 0 Å². The molecule has 0 aliphatic rings. The van der Waals surface area contributed by atoms with Crippen LogP contribution in [0.5, 0.6) is 11.5 Å². The van der Waals surface area contributed by atoms with Gasteiger partial charge in [0, 0.05) is 36.0 Å². The smallest absolute Gasteiger partial charge is 0.268 e. The van der Waals surface area contributed by atoms with E-state index >= 15 is 0 Å². The molecule has 2 aromatic carbocycles. The molecule has 0 fully saturated rings. The van der Waals surface area contributed by atoms with Crippen LogP contribution in [0.1, 0.15) is 5.56 Å². The molecule has 29 heavy (non-hydrogen) atoms. The maximum absolute atomic E-state index is 14.6. The van der Waals surface area contributed by atoms with E-state index in [1.807, 2.05) is 0 Å². The molecule has 0 unspecified atom stereocenters. The fraction of sp³-hybridized carbons (Fsp3) is 0.200. The lowest BCUT2D eigenvalue weighted by molar-refractivity contribution is 0.411. The summed E-state index contributed by atoms with van der Waals surface area (Å²) in [7, 11) is 0.336. The molecule has 1 aromatic heterocycles. The van der Waals surface area contributed by atoms with Crippen molar-refractivity contribution in [3.63, 3.8) is 0 Å². The standard InChI is InChI=1S/C20H20F2N2O4S/c1-23-11-13-12-24(29(25,26)16-6-4-5-15(10-16)27-2)19(20(13)28-3)17-8-7-14(21)9-18(17)22/h4-10,12,23H,11H2,1-3H3. The molecule has 0 bridgehead atoms. The molecule has 0 spiro atoms. The van der Waals surface area contributed by atoms with Gasteiger partial charge in [0.2, 0.25) is 0 Å². The van der Waals surface area contributed by atoms with E-state index in [4.69, 9.17) is 9.47 Å². The minimum atomic E-state index is -4.14. The third-order valence-corrected chi connectivity index (χ3v) is 6.01. The quantitative estimate of drug-likeness (QED) is 0.632. The number of hydrogen-bond donors (Lipinski definition) is 1. The van der Waals surface area contributed by atoms with Gasteiger partial charge in [-0.3, -0.25) is 0 Å². The third-order valence-electron chi connectivity index (χ3n) is 4.36. The zero-order chi connectivity index (χ0) is 21.2. The van der Waals surface area contributed by atoms with Crippen LogP contribution in [0, 0.1) is 11.6 Å². The highest BCUT2D eigenvalue weighted by molar-refractivity contribution is 7.90. The molecule has 0 aliphatic carbocycles. The van der Waals surface area contributed by atoms with Crippen molar-refractivity contribution in [2.75, 3.05) is 21.3 Å². The molecule has 0 amide bonds. The van der Waals surface area contributed by atoms with Gasteiger partial charge in [-0.2, -0.15) is 0 Å². The molecule has 1 heterocycles. The van der Waals surface area contributed by atoms with Crippen molar-refractivity contribution >= 4 is 10.0 Å². The Bertz CT molecular complexity index is 1140. The van der Waals surface area contributed by atoms with E-state index in [9.17, 15) is 17.2 Å². The number of benzene rings is 2. The van der Waals surface area contributed by atoms with Gasteiger partial charge in [-0.05, 0) is 31.3 Å². The number of methoxy groups -OCH3 is 2. The highest BCUT2D eigenvalue weighted by atomic mass is 32.2. The zero-order valence-corrected chi connectivity index (χ0v) is 16.9. The van der Waals surface area contributed by atoms with Crippen LogP contribution >= 0.6 is 0 Å². The molecule has 6 nitrogen and oxygen atoms in total. The van der Waals surface area contributed by atoms with Gasteiger partial charge < -0.3 is 14.8 Å². The first-order valence-electron chi connectivity index (χ1n) is 8.61. The van der Waals surface area contributed by atoms with E-state index in [2.05, 4.69) is 5.32 Å². The number of nitrogens with zero attached hydrogens (tertiary/aromatic N) is 1. The average molecular weight is 422 g/mol. The van der Waals surface area contributed by atoms with Crippen molar-refractivity contribution in [3.8, 4) is 22.8 Å². The Kier molecular flexibility index (Phi) is 5.90. The summed E-state index contributed by atoms with van der Waals surface area (Å²) in [4.78, 5) is -0.0470. The largest absolute Gasteiger partial charge is 0.497 e. The molecule has 9 heteroatoms. The molecule has 3 aromatic rings. The van der Waals surface area contributed by atoms with Crippen LogP contribution in [0.3, 0.4) is 0 Å². The number of ether oxygens (including phenoxy) is 2. The number of aromatic nitrogens is 1. The predicted molar refractivity (Wildman–Crippen MR) is 105 cm³/mol. The molecule has 0 atom stereocenters. The molecule has 0 aliphatic heterocycles. The zero-order valence-electron chi connectivity index (χ0n) is 16.1. The Hall–Kier alpha value is -2.91. The lowest BCUT2D eigenvalue weighted by Gasteiger charge is -2.13. The Morgan fingerprint density at radius 2 is 1.83 bits per heavy atom. The van der Waals surface area contributed by atoms with Gasteiger partial charge in [0.25, 0.3) is 10.0 Å². The van der Waals surface area contributed by atoms with Crippen LogP contribution in [0.15, 0.2) is 53.6 Å². The second-order valence-corrected chi connectivity index (χ2v) is 7.99. The van der Waals surface area contributed by atoms with E-state index in [0.717, 1.165) is 10.0 Å². The maximum Gasteiger partial charge on any atom is 0.268 e. The number of hydrogen-bond acceptors (Lipinski definition) is 5. The van der Waals surface area contributed by atoms with Crippen molar-refractivity contribution in [3.05, 3.63) is 65.9 Å². The Morgan fingerprint density at radius 1 is 1.07 bits per heavy atom. The summed E-state index contributed by atoms with van der Waals surface area (Å²) in [6, 6.07) is 8.87. The van der Waals surface area contributed by atoms with Crippen LogP contribution in [-0.4, -0.2) is 33.7 Å². The first kappa shape index (κ1) is 20.8. The van der Waals surface area contributed by atoms with E-state index < -0.39 is 21.7 Å². The van der Waals surface area contributed by atoms with Gasteiger partial charge in [0.1, 0.15) is 28.8 Å². The lowest BCUT2D eigenvalue weighted by Crippen LogP contribution is -2.14. The van der Waals surface area contributed by atoms with Crippen molar-refractivity contribution in [1.82, 2.24) is 9.29 Å². The number of rotatable bonds is 7. The van der Waals surface area contributed by atoms with E-state index in [0.29, 0.717) is 17.4 Å². The summed E-state index contributed by atoms with van der Waals surface area (Å²) in [5, 5.41) is 2.92. The lowest BCUT2D eigenvalue weighted by atomic mass is 10.1. The van der Waals surface area contributed by atoms with Crippen LogP contribution < -0.4 is 14.8 Å². The van der Waals surface area contributed by atoms with E-state index in [1.54, 1.807) is 19.2 Å². The van der Waals surface area contributed by atoms with E-state index in [1.165, 1.54) is 38.6 Å². The summed E-state index contributed by atoms with van der Waals surface area (Å²) >= 11 is 0. The van der Waals surface area contributed by atoms with Crippen molar-refractivity contribution in [2.24, 2.45) is 0 Å². The molecule has 0 saturated heterocycles. The highest BCUT2D eigenvalue weighted by Gasteiger charge is 2.28. The molecule has 0 saturated carbocycles. The SMILES string of the molecule is CNCc1cn(S(=O)(=O)c2cccc(OC)c2)c(-c2ccc(F)cc2F)c1OC. The molecular formula is C20H20F2N2O4S. The summed E-state index contributed by atoms with van der Waals surface area (Å²) in [6.07, 6.45) is 1.36. The molecule has 3 rings (SSSR count). The van der Waals surface area contributed by atoms with Crippen molar-refractivity contribution < 1.29 is 26.7 Å².